The van der Waals surface area contributed by atoms with E-state index in [9.17, 15) is 9.59 Å². The number of ether oxygens (including phenoxy) is 1. The first-order valence-corrected chi connectivity index (χ1v) is 10.6. The van der Waals surface area contributed by atoms with Gasteiger partial charge in [0.15, 0.2) is 0 Å². The lowest BCUT2D eigenvalue weighted by atomic mass is 9.89. The average Bonchev–Trinajstić information content (AvgIpc) is 2.86. The molecule has 33 heavy (non-hydrogen) atoms. The van der Waals surface area contributed by atoms with Crippen LogP contribution >= 0.6 is 0 Å². The van der Waals surface area contributed by atoms with Crippen LogP contribution in [0, 0.1) is 22.7 Å². The number of nitriles is 2. The Labute approximate surface area is 193 Å². The molecule has 2 aromatic rings. The van der Waals surface area contributed by atoms with Crippen LogP contribution < -0.4 is 10.6 Å². The third-order valence-electron chi connectivity index (χ3n) is 5.33. The second kappa shape index (κ2) is 11.4. The highest BCUT2D eigenvalue weighted by molar-refractivity contribution is 5.93. The van der Waals surface area contributed by atoms with Gasteiger partial charge in [0.2, 0.25) is 11.8 Å². The predicted molar refractivity (Wildman–Crippen MR) is 124 cm³/mol. The number of rotatable bonds is 7. The Hall–Kier alpha value is -4.20. The second-order valence-corrected chi connectivity index (χ2v) is 7.74. The Balaban J connectivity index is 1.61. The predicted octanol–water partition coefficient (Wildman–Crippen LogP) is 2.94. The van der Waals surface area contributed by atoms with Crippen LogP contribution in [0.15, 0.2) is 60.7 Å². The normalized spacial score (nSPS) is 15.0. The summed E-state index contributed by atoms with van der Waals surface area (Å²) in [6.45, 7) is 1.24. The van der Waals surface area contributed by atoms with Gasteiger partial charge in [-0.15, -0.1) is 0 Å². The fraction of sp³-hybridized carbons (Fsp3) is 0.231. The molecule has 0 radical (unpaired) electrons. The minimum absolute atomic E-state index is 0.265. The molecular weight excluding hydrogens is 416 g/mol. The Morgan fingerprint density at radius 2 is 1.45 bits per heavy atom. The van der Waals surface area contributed by atoms with E-state index in [1.165, 1.54) is 12.2 Å². The molecule has 1 saturated heterocycles. The minimum atomic E-state index is -0.613. The summed E-state index contributed by atoms with van der Waals surface area (Å²) >= 11 is 0. The van der Waals surface area contributed by atoms with Gasteiger partial charge in [-0.25, -0.2) is 0 Å². The van der Waals surface area contributed by atoms with Gasteiger partial charge in [0.1, 0.15) is 0 Å². The summed E-state index contributed by atoms with van der Waals surface area (Å²) in [7, 11) is 0. The summed E-state index contributed by atoms with van der Waals surface area (Å²) in [6, 6.07) is 18.1. The van der Waals surface area contributed by atoms with Gasteiger partial charge in [-0.05, 0) is 60.4 Å². The third kappa shape index (κ3) is 7.17. The highest BCUT2D eigenvalue weighted by atomic mass is 16.5. The summed E-state index contributed by atoms with van der Waals surface area (Å²) < 4.78 is 5.44. The SMILES string of the molecule is N#Cc1cccc(C=CC(=O)NCC2(NC(=O)C=Cc3cccc(C#N)c3)CCOCC2)c1. The largest absolute Gasteiger partial charge is 0.381 e. The van der Waals surface area contributed by atoms with Crippen LogP contribution in [-0.4, -0.2) is 37.1 Å². The number of carbonyl (C=O) groups excluding carboxylic acids is 2. The van der Waals surface area contributed by atoms with Crippen LogP contribution in [0.25, 0.3) is 12.2 Å². The molecule has 0 unspecified atom stereocenters. The third-order valence-corrected chi connectivity index (χ3v) is 5.33. The van der Waals surface area contributed by atoms with Gasteiger partial charge >= 0.3 is 0 Å². The molecule has 0 atom stereocenters. The summed E-state index contributed by atoms with van der Waals surface area (Å²) in [5.74, 6) is -0.571. The fourth-order valence-electron chi connectivity index (χ4n) is 3.49. The number of hydrogen-bond donors (Lipinski definition) is 2. The topological polar surface area (TPSA) is 115 Å². The first-order chi connectivity index (χ1) is 16.0. The van der Waals surface area contributed by atoms with Crippen LogP contribution in [0.1, 0.15) is 35.1 Å². The summed E-state index contributed by atoms with van der Waals surface area (Å²) in [6.07, 6.45) is 7.28. The van der Waals surface area contributed by atoms with E-state index in [4.69, 9.17) is 15.3 Å². The van der Waals surface area contributed by atoms with Gasteiger partial charge in [0, 0.05) is 31.9 Å². The number of carbonyl (C=O) groups is 2. The molecule has 1 aliphatic heterocycles. The smallest absolute Gasteiger partial charge is 0.244 e. The molecular formula is C26H24N4O3. The zero-order valence-electron chi connectivity index (χ0n) is 18.1. The summed E-state index contributed by atoms with van der Waals surface area (Å²) in [5, 5.41) is 23.9. The quantitative estimate of drug-likeness (QED) is 0.643. The number of amides is 2. The van der Waals surface area contributed by atoms with Crippen LogP contribution in [0.4, 0.5) is 0 Å². The Bertz CT molecular complexity index is 1150. The number of hydrogen-bond acceptors (Lipinski definition) is 5. The van der Waals surface area contributed by atoms with Crippen LogP contribution in [0.5, 0.6) is 0 Å². The van der Waals surface area contributed by atoms with E-state index in [0.29, 0.717) is 37.2 Å². The van der Waals surface area contributed by atoms with Crippen LogP contribution in [-0.2, 0) is 14.3 Å². The van der Waals surface area contributed by atoms with Crippen molar-refractivity contribution in [2.24, 2.45) is 0 Å². The van der Waals surface area contributed by atoms with Crippen molar-refractivity contribution < 1.29 is 14.3 Å². The van der Waals surface area contributed by atoms with Gasteiger partial charge < -0.3 is 15.4 Å². The van der Waals surface area contributed by atoms with Crippen LogP contribution in [0.3, 0.4) is 0 Å². The standard InChI is InChI=1S/C26H24N4O3/c27-17-22-5-1-3-20(15-22)7-9-24(31)29-19-26(11-13-33-14-12-26)30-25(32)10-8-21-4-2-6-23(16-21)18-28/h1-10,15-16H,11-14,19H2,(H,29,31)(H,30,32). The average molecular weight is 441 g/mol. The molecule has 0 aromatic heterocycles. The van der Waals surface area contributed by atoms with E-state index in [1.807, 2.05) is 12.1 Å². The van der Waals surface area contributed by atoms with E-state index in [0.717, 1.165) is 11.1 Å². The van der Waals surface area contributed by atoms with Crippen molar-refractivity contribution in [2.45, 2.75) is 18.4 Å². The number of nitrogens with zero attached hydrogens (tertiary/aromatic N) is 2. The van der Waals surface area contributed by atoms with Crippen molar-refractivity contribution in [1.82, 2.24) is 10.6 Å². The first kappa shape index (κ1) is 23.5. The van der Waals surface area contributed by atoms with Gasteiger partial charge in [-0.1, -0.05) is 24.3 Å². The molecule has 1 heterocycles. The molecule has 166 valence electrons. The highest BCUT2D eigenvalue weighted by Gasteiger charge is 2.34. The van der Waals surface area contributed by atoms with Crippen molar-refractivity contribution in [3.8, 4) is 12.1 Å². The molecule has 0 bridgehead atoms. The molecule has 2 amide bonds. The lowest BCUT2D eigenvalue weighted by Crippen LogP contribution is -2.57. The van der Waals surface area contributed by atoms with Crippen molar-refractivity contribution in [3.05, 3.63) is 82.9 Å². The second-order valence-electron chi connectivity index (χ2n) is 7.74. The maximum Gasteiger partial charge on any atom is 0.244 e. The minimum Gasteiger partial charge on any atom is -0.381 e. The lowest BCUT2D eigenvalue weighted by molar-refractivity contribution is -0.121. The zero-order chi connectivity index (χ0) is 23.5. The Morgan fingerprint density at radius 1 is 0.909 bits per heavy atom. The maximum atomic E-state index is 12.6. The molecule has 7 heteroatoms. The van der Waals surface area contributed by atoms with E-state index in [2.05, 4.69) is 22.8 Å². The molecule has 0 aliphatic carbocycles. The van der Waals surface area contributed by atoms with Gasteiger partial charge in [-0.2, -0.15) is 10.5 Å². The molecule has 7 nitrogen and oxygen atoms in total. The van der Waals surface area contributed by atoms with Crippen molar-refractivity contribution in [3.63, 3.8) is 0 Å². The molecule has 1 aliphatic rings. The molecule has 0 spiro atoms. The molecule has 0 saturated carbocycles. The van der Waals surface area contributed by atoms with Gasteiger partial charge in [0.05, 0.1) is 28.8 Å². The van der Waals surface area contributed by atoms with Gasteiger partial charge in [0.25, 0.3) is 0 Å². The van der Waals surface area contributed by atoms with Crippen molar-refractivity contribution >= 4 is 24.0 Å². The fourth-order valence-corrected chi connectivity index (χ4v) is 3.49. The number of nitrogens with one attached hydrogen (secondary N) is 2. The van der Waals surface area contributed by atoms with E-state index >= 15 is 0 Å². The van der Waals surface area contributed by atoms with Crippen LogP contribution in [0.2, 0.25) is 0 Å². The lowest BCUT2D eigenvalue weighted by Gasteiger charge is -2.37. The van der Waals surface area contributed by atoms with E-state index in [-0.39, 0.29) is 18.4 Å². The van der Waals surface area contributed by atoms with E-state index in [1.54, 1.807) is 48.6 Å². The van der Waals surface area contributed by atoms with Crippen molar-refractivity contribution in [1.29, 1.82) is 10.5 Å². The summed E-state index contributed by atoms with van der Waals surface area (Å²) in [4.78, 5) is 25.0. The maximum absolute atomic E-state index is 12.6. The highest BCUT2D eigenvalue weighted by Crippen LogP contribution is 2.20. The molecule has 1 fully saturated rings. The monoisotopic (exact) mass is 440 g/mol. The van der Waals surface area contributed by atoms with E-state index < -0.39 is 5.54 Å². The Kier molecular flexibility index (Phi) is 8.13. The summed E-state index contributed by atoms with van der Waals surface area (Å²) in [5.41, 5.74) is 1.94. The molecule has 2 N–H and O–H groups in total. The van der Waals surface area contributed by atoms with Crippen molar-refractivity contribution in [2.75, 3.05) is 19.8 Å². The Morgan fingerprint density at radius 3 is 2.00 bits per heavy atom. The van der Waals surface area contributed by atoms with Gasteiger partial charge in [-0.3, -0.25) is 9.59 Å². The first-order valence-electron chi connectivity index (χ1n) is 10.6. The molecule has 2 aromatic carbocycles. The number of benzene rings is 2. The zero-order valence-corrected chi connectivity index (χ0v) is 18.1. The molecule has 3 rings (SSSR count).